The van der Waals surface area contributed by atoms with E-state index >= 15 is 0 Å². The average Bonchev–Trinajstić information content (AvgIpc) is 3.01. The van der Waals surface area contributed by atoms with Gasteiger partial charge < -0.3 is 0 Å². The SMILES string of the molecule is Cc1cc(C)c(S(=O)(=O)Nc2ccc(-c3ccc4nnc(C)n4n3)cc2)c(C)c1. The minimum absolute atomic E-state index is 0.322. The second-order valence-electron chi connectivity index (χ2n) is 7.15. The monoisotopic (exact) mass is 407 g/mol. The third kappa shape index (κ3) is 3.58. The van der Waals surface area contributed by atoms with Crippen LogP contribution in [0.3, 0.4) is 0 Å². The number of hydrogen-bond donors (Lipinski definition) is 1. The topological polar surface area (TPSA) is 89.2 Å². The molecule has 2 aromatic heterocycles. The fraction of sp³-hybridized carbons (Fsp3) is 0.190. The van der Waals surface area contributed by atoms with Crippen molar-refractivity contribution in [3.63, 3.8) is 0 Å². The van der Waals surface area contributed by atoms with Crippen molar-refractivity contribution in [2.45, 2.75) is 32.6 Å². The molecular formula is C21H21N5O2S. The van der Waals surface area contributed by atoms with Crippen molar-refractivity contribution in [2.24, 2.45) is 0 Å². The lowest BCUT2D eigenvalue weighted by atomic mass is 10.1. The molecule has 0 atom stereocenters. The number of hydrogen-bond acceptors (Lipinski definition) is 5. The van der Waals surface area contributed by atoms with E-state index in [0.29, 0.717) is 22.1 Å². The van der Waals surface area contributed by atoms with Crippen LogP contribution < -0.4 is 4.72 Å². The van der Waals surface area contributed by atoms with Crippen molar-refractivity contribution < 1.29 is 8.42 Å². The molecule has 7 nitrogen and oxygen atoms in total. The van der Waals surface area contributed by atoms with E-state index in [0.717, 1.165) is 27.9 Å². The summed E-state index contributed by atoms with van der Waals surface area (Å²) in [6, 6.07) is 14.6. The Bertz CT molecular complexity index is 1300. The predicted molar refractivity (Wildman–Crippen MR) is 112 cm³/mol. The van der Waals surface area contributed by atoms with Gasteiger partial charge in [0.25, 0.3) is 10.0 Å². The summed E-state index contributed by atoms with van der Waals surface area (Å²) in [5.41, 5.74) is 5.29. The zero-order valence-electron chi connectivity index (χ0n) is 16.6. The molecule has 4 aromatic rings. The smallest absolute Gasteiger partial charge is 0.262 e. The number of aromatic nitrogens is 4. The van der Waals surface area contributed by atoms with Crippen LogP contribution in [-0.4, -0.2) is 28.2 Å². The number of rotatable bonds is 4. The second-order valence-corrected chi connectivity index (χ2v) is 8.77. The van der Waals surface area contributed by atoms with Gasteiger partial charge in [-0.3, -0.25) is 4.72 Å². The zero-order chi connectivity index (χ0) is 20.8. The first-order valence-corrected chi connectivity index (χ1v) is 10.6. The van der Waals surface area contributed by atoms with Crippen LogP contribution in [0.1, 0.15) is 22.5 Å². The Kier molecular flexibility index (Phi) is 4.58. The molecule has 0 saturated carbocycles. The molecule has 2 heterocycles. The summed E-state index contributed by atoms with van der Waals surface area (Å²) >= 11 is 0. The van der Waals surface area contributed by atoms with Gasteiger partial charge in [0, 0.05) is 11.3 Å². The number of fused-ring (bicyclic) bond motifs is 1. The summed E-state index contributed by atoms with van der Waals surface area (Å²) in [6.45, 7) is 7.41. The Morgan fingerprint density at radius 2 is 1.52 bits per heavy atom. The zero-order valence-corrected chi connectivity index (χ0v) is 17.4. The maximum Gasteiger partial charge on any atom is 0.262 e. The molecule has 4 rings (SSSR count). The summed E-state index contributed by atoms with van der Waals surface area (Å²) < 4.78 is 30.2. The second kappa shape index (κ2) is 6.97. The van der Waals surface area contributed by atoms with Gasteiger partial charge in [0.2, 0.25) is 0 Å². The normalized spacial score (nSPS) is 11.7. The molecule has 0 bridgehead atoms. The Morgan fingerprint density at radius 3 is 2.17 bits per heavy atom. The van der Waals surface area contributed by atoms with Crippen molar-refractivity contribution in [1.29, 1.82) is 0 Å². The van der Waals surface area contributed by atoms with E-state index in [-0.39, 0.29) is 0 Å². The number of anilines is 1. The van der Waals surface area contributed by atoms with Crippen LogP contribution in [0, 0.1) is 27.7 Å². The molecule has 0 fully saturated rings. The molecule has 0 radical (unpaired) electrons. The van der Waals surface area contributed by atoms with E-state index < -0.39 is 10.0 Å². The minimum atomic E-state index is -3.68. The molecule has 1 N–H and O–H groups in total. The Labute approximate surface area is 169 Å². The third-order valence-corrected chi connectivity index (χ3v) is 6.41. The minimum Gasteiger partial charge on any atom is -0.280 e. The van der Waals surface area contributed by atoms with E-state index in [1.807, 2.05) is 64.1 Å². The van der Waals surface area contributed by atoms with Gasteiger partial charge in [-0.1, -0.05) is 29.8 Å². The molecule has 0 saturated heterocycles. The average molecular weight is 407 g/mol. The van der Waals surface area contributed by atoms with E-state index in [2.05, 4.69) is 20.0 Å². The summed E-state index contributed by atoms with van der Waals surface area (Å²) in [5, 5.41) is 12.6. The highest BCUT2D eigenvalue weighted by molar-refractivity contribution is 7.92. The summed E-state index contributed by atoms with van der Waals surface area (Å²) in [4.78, 5) is 0.322. The molecule has 8 heteroatoms. The molecule has 0 spiro atoms. The lowest BCUT2D eigenvalue weighted by molar-refractivity contribution is 0.600. The van der Waals surface area contributed by atoms with Crippen molar-refractivity contribution >= 4 is 21.4 Å². The van der Waals surface area contributed by atoms with Crippen LogP contribution in [0.15, 0.2) is 53.4 Å². The van der Waals surface area contributed by atoms with Gasteiger partial charge in [0.1, 0.15) is 0 Å². The molecule has 0 amide bonds. The fourth-order valence-electron chi connectivity index (χ4n) is 3.56. The van der Waals surface area contributed by atoms with E-state index in [9.17, 15) is 8.42 Å². The van der Waals surface area contributed by atoms with E-state index in [1.165, 1.54) is 0 Å². The van der Waals surface area contributed by atoms with Gasteiger partial charge >= 0.3 is 0 Å². The summed E-state index contributed by atoms with van der Waals surface area (Å²) in [6.07, 6.45) is 0. The van der Waals surface area contributed by atoms with Crippen molar-refractivity contribution in [2.75, 3.05) is 4.72 Å². The van der Waals surface area contributed by atoms with Gasteiger partial charge in [0.15, 0.2) is 11.5 Å². The molecule has 0 aliphatic rings. The maximum atomic E-state index is 12.9. The highest BCUT2D eigenvalue weighted by Crippen LogP contribution is 2.26. The molecule has 0 unspecified atom stereocenters. The lowest BCUT2D eigenvalue weighted by Crippen LogP contribution is -2.15. The van der Waals surface area contributed by atoms with Gasteiger partial charge in [-0.15, -0.1) is 10.2 Å². The predicted octanol–water partition coefficient (Wildman–Crippen LogP) is 3.83. The molecule has 0 aliphatic carbocycles. The first-order valence-electron chi connectivity index (χ1n) is 9.15. The van der Waals surface area contributed by atoms with Gasteiger partial charge in [-0.05, 0) is 63.1 Å². The standard InChI is InChI=1S/C21H21N5O2S/c1-13-11-14(2)21(15(3)12-13)29(27,28)25-18-7-5-17(6-8-18)19-9-10-20-23-22-16(4)26(20)24-19/h5-12,25H,1-4H3. The highest BCUT2D eigenvalue weighted by atomic mass is 32.2. The van der Waals surface area contributed by atoms with Gasteiger partial charge in [0.05, 0.1) is 10.6 Å². The van der Waals surface area contributed by atoms with Gasteiger partial charge in [-0.2, -0.15) is 9.61 Å². The number of nitrogens with zero attached hydrogens (tertiary/aromatic N) is 4. The molecule has 29 heavy (non-hydrogen) atoms. The first kappa shape index (κ1) is 19.1. The van der Waals surface area contributed by atoms with Crippen LogP contribution in [0.2, 0.25) is 0 Å². The first-order chi connectivity index (χ1) is 13.7. The Hall–Kier alpha value is -3.26. The van der Waals surface area contributed by atoms with Crippen molar-refractivity contribution in [3.05, 3.63) is 71.0 Å². The largest absolute Gasteiger partial charge is 0.280 e. The van der Waals surface area contributed by atoms with Crippen LogP contribution in [0.5, 0.6) is 0 Å². The van der Waals surface area contributed by atoms with E-state index in [4.69, 9.17) is 0 Å². The number of benzene rings is 2. The maximum absolute atomic E-state index is 12.9. The fourth-order valence-corrected chi connectivity index (χ4v) is 5.07. The molecule has 148 valence electrons. The molecule has 2 aromatic carbocycles. The molecular weight excluding hydrogens is 386 g/mol. The Morgan fingerprint density at radius 1 is 0.862 bits per heavy atom. The van der Waals surface area contributed by atoms with Crippen LogP contribution in [-0.2, 0) is 10.0 Å². The number of sulfonamides is 1. The third-order valence-electron chi connectivity index (χ3n) is 4.72. The summed E-state index contributed by atoms with van der Waals surface area (Å²) in [5.74, 6) is 0.704. The van der Waals surface area contributed by atoms with Crippen LogP contribution in [0.4, 0.5) is 5.69 Å². The van der Waals surface area contributed by atoms with Gasteiger partial charge in [-0.25, -0.2) is 8.42 Å². The van der Waals surface area contributed by atoms with Crippen molar-refractivity contribution in [3.8, 4) is 11.3 Å². The quantitative estimate of drug-likeness (QED) is 0.555. The highest BCUT2D eigenvalue weighted by Gasteiger charge is 2.20. The van der Waals surface area contributed by atoms with E-state index in [1.54, 1.807) is 16.6 Å². The van der Waals surface area contributed by atoms with Crippen LogP contribution in [0.25, 0.3) is 16.9 Å². The number of aryl methyl sites for hydroxylation is 4. The Balaban J connectivity index is 1.63. The molecule has 0 aliphatic heterocycles. The van der Waals surface area contributed by atoms with Crippen molar-refractivity contribution in [1.82, 2.24) is 19.8 Å². The lowest BCUT2D eigenvalue weighted by Gasteiger charge is -2.14. The van der Waals surface area contributed by atoms with Crippen LogP contribution >= 0.6 is 0 Å². The number of nitrogens with one attached hydrogen (secondary N) is 1. The summed E-state index contributed by atoms with van der Waals surface area (Å²) in [7, 11) is -3.68.